The molecular formula is C11H13BrN2O4. The van der Waals surface area contributed by atoms with Crippen molar-refractivity contribution in [2.45, 2.75) is 6.92 Å². The van der Waals surface area contributed by atoms with Gasteiger partial charge in [0, 0.05) is 23.2 Å². The van der Waals surface area contributed by atoms with Gasteiger partial charge in [0.25, 0.3) is 5.69 Å². The summed E-state index contributed by atoms with van der Waals surface area (Å²) in [5, 5.41) is 10.8. The molecule has 0 amide bonds. The van der Waals surface area contributed by atoms with Crippen molar-refractivity contribution in [2.75, 3.05) is 25.6 Å². The van der Waals surface area contributed by atoms with Gasteiger partial charge in [0.2, 0.25) is 0 Å². The second-order valence-electron chi connectivity index (χ2n) is 3.78. The first-order chi connectivity index (χ1) is 8.36. The molecular weight excluding hydrogens is 304 g/mol. The van der Waals surface area contributed by atoms with Crippen molar-refractivity contribution >= 4 is 33.3 Å². The number of benzene rings is 1. The van der Waals surface area contributed by atoms with Crippen molar-refractivity contribution in [1.29, 1.82) is 0 Å². The van der Waals surface area contributed by atoms with Gasteiger partial charge in [-0.25, -0.2) is 0 Å². The lowest BCUT2D eigenvalue weighted by molar-refractivity contribution is -0.385. The van der Waals surface area contributed by atoms with E-state index in [-0.39, 0.29) is 18.2 Å². The molecule has 0 N–H and O–H groups in total. The molecule has 7 heteroatoms. The number of carbonyl (C=O) groups excluding carboxylic acids is 1. The van der Waals surface area contributed by atoms with Crippen LogP contribution in [0.1, 0.15) is 5.56 Å². The summed E-state index contributed by atoms with van der Waals surface area (Å²) in [4.78, 5) is 23.2. The predicted octanol–water partition coefficient (Wildman–Crippen LogP) is 2.27. The monoisotopic (exact) mass is 316 g/mol. The Morgan fingerprint density at radius 1 is 1.56 bits per heavy atom. The number of hydrogen-bond acceptors (Lipinski definition) is 5. The van der Waals surface area contributed by atoms with Crippen LogP contribution in [-0.2, 0) is 9.53 Å². The third-order valence-corrected chi connectivity index (χ3v) is 3.10. The number of hydrogen-bond donors (Lipinski definition) is 0. The van der Waals surface area contributed by atoms with Gasteiger partial charge in [0.05, 0.1) is 17.7 Å². The number of rotatable bonds is 4. The van der Waals surface area contributed by atoms with Crippen LogP contribution in [0.25, 0.3) is 0 Å². The van der Waals surface area contributed by atoms with E-state index in [1.807, 2.05) is 0 Å². The minimum absolute atomic E-state index is 0.0390. The van der Waals surface area contributed by atoms with E-state index in [1.165, 1.54) is 13.2 Å². The van der Waals surface area contributed by atoms with E-state index in [4.69, 9.17) is 0 Å². The predicted molar refractivity (Wildman–Crippen MR) is 70.8 cm³/mol. The van der Waals surface area contributed by atoms with Crippen LogP contribution in [0.15, 0.2) is 16.6 Å². The summed E-state index contributed by atoms with van der Waals surface area (Å²) in [7, 11) is 3.02. The Hall–Kier alpha value is -1.63. The summed E-state index contributed by atoms with van der Waals surface area (Å²) in [5.41, 5.74) is 1.27. The number of aryl methyl sites for hydroxylation is 1. The molecule has 0 atom stereocenters. The zero-order chi connectivity index (χ0) is 13.9. The van der Waals surface area contributed by atoms with E-state index in [9.17, 15) is 14.9 Å². The molecule has 0 spiro atoms. The molecule has 1 rings (SSSR count). The van der Waals surface area contributed by atoms with Crippen LogP contribution in [0.3, 0.4) is 0 Å². The average molecular weight is 317 g/mol. The van der Waals surface area contributed by atoms with Gasteiger partial charge in [0.15, 0.2) is 0 Å². The first-order valence-electron chi connectivity index (χ1n) is 5.09. The molecule has 0 radical (unpaired) electrons. The fourth-order valence-corrected chi connectivity index (χ4v) is 2.12. The topological polar surface area (TPSA) is 72.7 Å². The minimum Gasteiger partial charge on any atom is -0.468 e. The zero-order valence-corrected chi connectivity index (χ0v) is 11.9. The lowest BCUT2D eigenvalue weighted by Gasteiger charge is -2.19. The molecule has 1 aromatic carbocycles. The average Bonchev–Trinajstić information content (AvgIpc) is 2.30. The van der Waals surface area contributed by atoms with E-state index >= 15 is 0 Å². The number of halogens is 1. The molecule has 1 aromatic rings. The third kappa shape index (κ3) is 3.19. The Morgan fingerprint density at radius 3 is 2.67 bits per heavy atom. The van der Waals surface area contributed by atoms with Crippen LogP contribution in [0, 0.1) is 17.0 Å². The van der Waals surface area contributed by atoms with Crippen molar-refractivity contribution in [3.8, 4) is 0 Å². The fraction of sp³-hybridized carbons (Fsp3) is 0.364. The number of nitro groups is 1. The second kappa shape index (κ2) is 5.81. The molecule has 0 saturated carbocycles. The van der Waals surface area contributed by atoms with Crippen molar-refractivity contribution < 1.29 is 14.5 Å². The second-order valence-corrected chi connectivity index (χ2v) is 4.63. The molecule has 0 unspecified atom stereocenters. The maximum Gasteiger partial charge on any atom is 0.325 e. The number of esters is 1. The van der Waals surface area contributed by atoms with E-state index < -0.39 is 4.92 Å². The molecule has 0 aromatic heterocycles. The summed E-state index contributed by atoms with van der Waals surface area (Å²) in [6.07, 6.45) is 0. The summed E-state index contributed by atoms with van der Waals surface area (Å²) in [5.74, 6) is -0.375. The summed E-state index contributed by atoms with van der Waals surface area (Å²) in [6.45, 7) is 1.73. The molecule has 0 aliphatic rings. The van der Waals surface area contributed by atoms with E-state index in [0.717, 1.165) is 0 Å². The maximum atomic E-state index is 11.2. The smallest absolute Gasteiger partial charge is 0.325 e. The Labute approximate surface area is 113 Å². The Bertz CT molecular complexity index is 490. The molecule has 0 bridgehead atoms. The molecule has 0 aliphatic carbocycles. The number of likely N-dealkylation sites (N-methyl/N-ethyl adjacent to an activating group) is 1. The third-order valence-electron chi connectivity index (χ3n) is 2.47. The van der Waals surface area contributed by atoms with Crippen LogP contribution >= 0.6 is 15.9 Å². The first kappa shape index (κ1) is 14.4. The highest BCUT2D eigenvalue weighted by Crippen LogP contribution is 2.32. The Morgan fingerprint density at radius 2 is 2.17 bits per heavy atom. The standard InChI is InChI=1S/C11H13BrN2O4/c1-7-4-10(13(2)6-11(15)18-3)8(12)5-9(7)14(16)17/h4-5H,6H2,1-3H3. The molecule has 0 aliphatic heterocycles. The largest absolute Gasteiger partial charge is 0.468 e. The number of ether oxygens (including phenoxy) is 1. The van der Waals surface area contributed by atoms with E-state index in [0.29, 0.717) is 15.7 Å². The highest BCUT2D eigenvalue weighted by atomic mass is 79.9. The van der Waals surface area contributed by atoms with Gasteiger partial charge in [-0.05, 0) is 28.9 Å². The number of nitro benzene ring substituents is 1. The molecule has 0 fully saturated rings. The van der Waals surface area contributed by atoms with Gasteiger partial charge >= 0.3 is 5.97 Å². The summed E-state index contributed by atoms with van der Waals surface area (Å²) in [6, 6.07) is 3.09. The molecule has 18 heavy (non-hydrogen) atoms. The first-order valence-corrected chi connectivity index (χ1v) is 5.88. The van der Waals surface area contributed by atoms with Gasteiger partial charge in [-0.2, -0.15) is 0 Å². The highest BCUT2D eigenvalue weighted by Gasteiger charge is 2.17. The quantitative estimate of drug-likeness (QED) is 0.484. The van der Waals surface area contributed by atoms with Crippen LogP contribution < -0.4 is 4.90 Å². The zero-order valence-electron chi connectivity index (χ0n) is 10.3. The lowest BCUT2D eigenvalue weighted by Crippen LogP contribution is -2.26. The molecule has 0 saturated heterocycles. The van der Waals surface area contributed by atoms with Crippen LogP contribution in [-0.4, -0.2) is 31.6 Å². The fourth-order valence-electron chi connectivity index (χ4n) is 1.49. The maximum absolute atomic E-state index is 11.2. The lowest BCUT2D eigenvalue weighted by atomic mass is 10.1. The van der Waals surface area contributed by atoms with Gasteiger partial charge < -0.3 is 9.64 Å². The molecule has 6 nitrogen and oxygen atoms in total. The summed E-state index contributed by atoms with van der Waals surface area (Å²) >= 11 is 3.26. The van der Waals surface area contributed by atoms with Crippen LogP contribution in [0.5, 0.6) is 0 Å². The van der Waals surface area contributed by atoms with Crippen molar-refractivity contribution in [1.82, 2.24) is 0 Å². The van der Waals surface area contributed by atoms with Crippen LogP contribution in [0.2, 0.25) is 0 Å². The SMILES string of the molecule is COC(=O)CN(C)c1cc(C)c([N+](=O)[O-])cc1Br. The number of methoxy groups -OCH3 is 1. The van der Waals surface area contributed by atoms with Gasteiger partial charge in [-0.3, -0.25) is 14.9 Å². The van der Waals surface area contributed by atoms with E-state index in [1.54, 1.807) is 24.9 Å². The number of carbonyl (C=O) groups is 1. The van der Waals surface area contributed by atoms with Gasteiger partial charge in [0.1, 0.15) is 6.54 Å². The number of anilines is 1. The summed E-state index contributed by atoms with van der Waals surface area (Å²) < 4.78 is 5.13. The number of nitrogens with zero attached hydrogens (tertiary/aromatic N) is 2. The molecule has 98 valence electrons. The van der Waals surface area contributed by atoms with Crippen molar-refractivity contribution in [3.63, 3.8) is 0 Å². The normalized spacial score (nSPS) is 10.0. The van der Waals surface area contributed by atoms with E-state index in [2.05, 4.69) is 20.7 Å². The van der Waals surface area contributed by atoms with Crippen LogP contribution in [0.4, 0.5) is 11.4 Å². The Kier molecular flexibility index (Phi) is 4.66. The highest BCUT2D eigenvalue weighted by molar-refractivity contribution is 9.10. The van der Waals surface area contributed by atoms with Gasteiger partial charge in [-0.1, -0.05) is 0 Å². The minimum atomic E-state index is -0.440. The molecule has 0 heterocycles. The van der Waals surface area contributed by atoms with Crippen molar-refractivity contribution in [3.05, 3.63) is 32.3 Å². The van der Waals surface area contributed by atoms with Gasteiger partial charge in [-0.15, -0.1) is 0 Å². The Balaban J connectivity index is 3.07. The van der Waals surface area contributed by atoms with Crippen molar-refractivity contribution in [2.24, 2.45) is 0 Å².